The van der Waals surface area contributed by atoms with Crippen LogP contribution in [0.15, 0.2) is 147 Å². The van der Waals surface area contributed by atoms with Crippen LogP contribution in [0.2, 0.25) is 0 Å². The van der Waals surface area contributed by atoms with E-state index in [1.54, 1.807) is 41.0 Å². The summed E-state index contributed by atoms with van der Waals surface area (Å²) in [6.07, 6.45) is 17.8. The molecular weight excluding hydrogens is 929 g/mol. The van der Waals surface area contributed by atoms with Crippen LogP contribution in [-0.4, -0.2) is 55.3 Å². The van der Waals surface area contributed by atoms with Gasteiger partial charge in [-0.2, -0.15) is 10.2 Å². The summed E-state index contributed by atoms with van der Waals surface area (Å²) in [6.45, 7) is 30.7. The molecule has 364 valence electrons. The second kappa shape index (κ2) is 22.3. The summed E-state index contributed by atoms with van der Waals surface area (Å²) in [5.41, 5.74) is 15.8. The van der Waals surface area contributed by atoms with Crippen molar-refractivity contribution in [2.24, 2.45) is 5.92 Å². The highest BCUT2D eigenvalue weighted by molar-refractivity contribution is 7.15. The Labute approximate surface area is 428 Å². The summed E-state index contributed by atoms with van der Waals surface area (Å²) in [4.78, 5) is 35.3. The van der Waals surface area contributed by atoms with Crippen LogP contribution in [0.5, 0.6) is 0 Å². The number of H-pyrrole nitrogens is 4. The average Bonchev–Trinajstić information content (AvgIpc) is 4.26. The molecular formula is C58H60N12S2. The summed E-state index contributed by atoms with van der Waals surface area (Å²) in [6, 6.07) is 20.9. The second-order valence-electron chi connectivity index (χ2n) is 17.4. The molecule has 0 atom stereocenters. The van der Waals surface area contributed by atoms with Crippen molar-refractivity contribution in [3.05, 3.63) is 184 Å². The van der Waals surface area contributed by atoms with Crippen molar-refractivity contribution in [3.63, 3.8) is 0 Å². The Bertz CT molecular complexity index is 3670. The molecule has 72 heavy (non-hydrogen) atoms. The number of pyridine rings is 3. The molecule has 1 aromatic carbocycles. The number of benzene rings is 1. The van der Waals surface area contributed by atoms with E-state index < -0.39 is 0 Å². The topological polar surface area (TPSA) is 165 Å². The smallest absolute Gasteiger partial charge is 0.159 e. The first-order valence-electron chi connectivity index (χ1n) is 24.0. The number of para-hydroxylation sites is 1. The van der Waals surface area contributed by atoms with Gasteiger partial charge in [-0.05, 0) is 119 Å². The number of hydrogen-bond acceptors (Lipinski definition) is 10. The molecule has 9 aromatic heterocycles. The standard InChI is InChI=1S/C32H36N6S.C24H18N6S.C2H6/c1-9-12-25(29-14-13-21(7)39-29)30-22(8)35-32(36-30)31-26-17-27(33-18-28(26)37-38-31)23(10-2)16-24(11-3)34-20(6)15-19(4)5;1-13-8-9-25-11-17(13)19-10-16-20(12-26-19)29-30-23(16)24-27-18-5-3-4-15(22(18)28-24)21-7-6-14(2)31-21;1-2/h9-14,16-19,34H,1,3,6,15H2,2,4-5,7-8H3,(H,35,36)(H,37,38);3-12H,1-2H3,(H,27,28)(H,29,30);1-2H3/b23-10+,24-16+,25-12-;;. The minimum atomic E-state index is 0.518. The lowest BCUT2D eigenvalue weighted by molar-refractivity contribution is 0.622. The number of nitrogens with zero attached hydrogens (tertiary/aromatic N) is 7. The van der Waals surface area contributed by atoms with Gasteiger partial charge < -0.3 is 15.3 Å². The van der Waals surface area contributed by atoms with E-state index in [0.29, 0.717) is 11.7 Å². The van der Waals surface area contributed by atoms with Gasteiger partial charge >= 0.3 is 0 Å². The first-order chi connectivity index (χ1) is 34.9. The summed E-state index contributed by atoms with van der Waals surface area (Å²) >= 11 is 3.52. The van der Waals surface area contributed by atoms with Crippen LogP contribution in [0.25, 0.3) is 88.7 Å². The van der Waals surface area contributed by atoms with Gasteiger partial charge in [-0.3, -0.25) is 25.1 Å². The van der Waals surface area contributed by atoms with Crippen LogP contribution in [0.1, 0.15) is 78.3 Å². The molecule has 0 aliphatic carbocycles. The lowest BCUT2D eigenvalue weighted by atomic mass is 10.1. The number of imidazole rings is 2. The van der Waals surface area contributed by atoms with Crippen molar-refractivity contribution in [1.82, 2.24) is 60.6 Å². The zero-order chi connectivity index (χ0) is 51.1. The van der Waals surface area contributed by atoms with E-state index in [0.717, 1.165) is 123 Å². The highest BCUT2D eigenvalue weighted by atomic mass is 32.1. The SMILES string of the molecule is C=C/C=C(/c1ccc(C)s1)c1nc(-c2n[nH]c3cnc(C(/C=C(\C=C)NC(=C)CC(C)C)=C/C)cc23)[nH]c1C.CC.Cc1ccc(-c2cccc3[nH]c(-c4n[nH]c5cnc(-c6cnccc6C)cc45)nc23)s1. The third-order valence-corrected chi connectivity index (χ3v) is 13.8. The first kappa shape index (κ1) is 50.3. The second-order valence-corrected chi connectivity index (χ2v) is 20.0. The van der Waals surface area contributed by atoms with Gasteiger partial charge in [0.05, 0.1) is 51.5 Å². The Balaban J connectivity index is 0.000000190. The molecule has 0 radical (unpaired) electrons. The van der Waals surface area contributed by atoms with E-state index in [2.05, 4.69) is 149 Å². The highest BCUT2D eigenvalue weighted by Crippen LogP contribution is 2.37. The molecule has 0 fully saturated rings. The number of rotatable bonds is 14. The lowest BCUT2D eigenvalue weighted by Gasteiger charge is -2.13. The molecule has 0 aliphatic heterocycles. The summed E-state index contributed by atoms with van der Waals surface area (Å²) in [7, 11) is 0. The Morgan fingerprint density at radius 3 is 2.14 bits per heavy atom. The van der Waals surface area contributed by atoms with Gasteiger partial charge in [-0.25, -0.2) is 9.97 Å². The summed E-state index contributed by atoms with van der Waals surface area (Å²) < 4.78 is 0. The molecule has 0 aliphatic rings. The maximum Gasteiger partial charge on any atom is 0.159 e. The maximum atomic E-state index is 4.99. The van der Waals surface area contributed by atoms with Gasteiger partial charge in [0, 0.05) is 76.5 Å². The number of aromatic nitrogens is 11. The van der Waals surface area contributed by atoms with Crippen molar-refractivity contribution < 1.29 is 0 Å². The van der Waals surface area contributed by atoms with Crippen molar-refractivity contribution in [2.45, 2.75) is 68.7 Å². The normalized spacial score (nSPS) is 12.0. The number of nitrogens with one attached hydrogen (secondary N) is 5. The fourth-order valence-corrected chi connectivity index (χ4v) is 10.1. The molecule has 0 saturated heterocycles. The fourth-order valence-electron chi connectivity index (χ4n) is 8.33. The van der Waals surface area contributed by atoms with Crippen LogP contribution in [0.4, 0.5) is 0 Å². The third-order valence-electron chi connectivity index (χ3n) is 11.7. The van der Waals surface area contributed by atoms with Gasteiger partial charge in [-0.1, -0.05) is 77.8 Å². The number of hydrogen-bond donors (Lipinski definition) is 5. The van der Waals surface area contributed by atoms with E-state index in [9.17, 15) is 0 Å². The summed E-state index contributed by atoms with van der Waals surface area (Å²) in [5.74, 6) is 1.96. The molecule has 10 aromatic rings. The first-order valence-corrected chi connectivity index (χ1v) is 25.6. The van der Waals surface area contributed by atoms with Crippen LogP contribution < -0.4 is 5.32 Å². The van der Waals surface area contributed by atoms with Crippen LogP contribution in [-0.2, 0) is 0 Å². The average molecular weight is 989 g/mol. The Hall–Kier alpha value is -8.07. The maximum absolute atomic E-state index is 4.99. The van der Waals surface area contributed by atoms with Crippen LogP contribution in [0.3, 0.4) is 0 Å². The predicted octanol–water partition coefficient (Wildman–Crippen LogP) is 15.2. The number of aryl methyl sites for hydroxylation is 4. The molecule has 0 spiro atoms. The number of aromatic amines is 4. The number of allylic oxidation sites excluding steroid dienone is 7. The number of thiophene rings is 2. The fraction of sp³-hybridized carbons (Fsp3) is 0.190. The molecule has 0 unspecified atom stereocenters. The Morgan fingerprint density at radius 2 is 1.49 bits per heavy atom. The van der Waals surface area contributed by atoms with Crippen molar-refractivity contribution in [2.75, 3.05) is 0 Å². The van der Waals surface area contributed by atoms with Crippen LogP contribution in [0, 0.1) is 33.6 Å². The minimum Gasteiger partial charge on any atom is -0.359 e. The van der Waals surface area contributed by atoms with Gasteiger partial charge in [0.25, 0.3) is 0 Å². The largest absolute Gasteiger partial charge is 0.359 e. The van der Waals surface area contributed by atoms with Gasteiger partial charge in [0.2, 0.25) is 0 Å². The summed E-state index contributed by atoms with van der Waals surface area (Å²) in [5, 5.41) is 20.6. The highest BCUT2D eigenvalue weighted by Gasteiger charge is 2.20. The molecule has 0 bridgehead atoms. The van der Waals surface area contributed by atoms with Gasteiger partial charge in [0.15, 0.2) is 11.6 Å². The van der Waals surface area contributed by atoms with E-state index in [4.69, 9.17) is 15.0 Å². The van der Waals surface area contributed by atoms with Crippen molar-refractivity contribution >= 4 is 66.7 Å². The molecule has 14 heteroatoms. The van der Waals surface area contributed by atoms with Gasteiger partial charge in [-0.15, -0.1) is 22.7 Å². The molecule has 0 saturated carbocycles. The van der Waals surface area contributed by atoms with Gasteiger partial charge in [0.1, 0.15) is 11.4 Å². The third kappa shape index (κ3) is 10.8. The Morgan fingerprint density at radius 1 is 0.778 bits per heavy atom. The predicted molar refractivity (Wildman–Crippen MR) is 303 cm³/mol. The van der Waals surface area contributed by atoms with Crippen LogP contribution >= 0.6 is 22.7 Å². The molecule has 10 rings (SSSR count). The van der Waals surface area contributed by atoms with Crippen molar-refractivity contribution in [3.8, 4) is 44.7 Å². The zero-order valence-electron chi connectivity index (χ0n) is 42.3. The minimum absolute atomic E-state index is 0.518. The molecule has 12 nitrogen and oxygen atoms in total. The van der Waals surface area contributed by atoms with Crippen molar-refractivity contribution in [1.29, 1.82) is 0 Å². The lowest BCUT2D eigenvalue weighted by Crippen LogP contribution is -2.12. The monoisotopic (exact) mass is 988 g/mol. The van der Waals surface area contributed by atoms with E-state index in [1.165, 1.54) is 14.6 Å². The quantitative estimate of drug-likeness (QED) is 0.0672. The molecule has 9 heterocycles. The molecule has 0 amide bonds. The van der Waals surface area contributed by atoms with E-state index >= 15 is 0 Å². The Kier molecular flexibility index (Phi) is 15.6. The zero-order valence-corrected chi connectivity index (χ0v) is 44.0. The van der Waals surface area contributed by atoms with E-state index in [-0.39, 0.29) is 0 Å². The molecule has 5 N–H and O–H groups in total. The van der Waals surface area contributed by atoms with E-state index in [1.807, 2.05) is 76.6 Å². The number of fused-ring (bicyclic) bond motifs is 3.